The number of carbonyl (C=O) groups is 1. The van der Waals surface area contributed by atoms with Gasteiger partial charge in [0.25, 0.3) is 0 Å². The molecule has 4 heteroatoms. The first-order valence-electron chi connectivity index (χ1n) is 7.65. The van der Waals surface area contributed by atoms with E-state index < -0.39 is 5.54 Å². The quantitative estimate of drug-likeness (QED) is 0.720. The van der Waals surface area contributed by atoms with E-state index in [2.05, 4.69) is 5.32 Å². The molecule has 0 spiro atoms. The summed E-state index contributed by atoms with van der Waals surface area (Å²) in [5.41, 5.74) is -0.509. The van der Waals surface area contributed by atoms with Crippen molar-refractivity contribution in [3.05, 3.63) is 0 Å². The van der Waals surface area contributed by atoms with Gasteiger partial charge in [0.1, 0.15) is 5.54 Å². The summed E-state index contributed by atoms with van der Waals surface area (Å²) >= 11 is 0. The van der Waals surface area contributed by atoms with Gasteiger partial charge in [-0.3, -0.25) is 4.79 Å². The van der Waals surface area contributed by atoms with E-state index >= 15 is 0 Å². The summed E-state index contributed by atoms with van der Waals surface area (Å²) < 4.78 is 10.9. The summed E-state index contributed by atoms with van der Waals surface area (Å²) in [6.45, 7) is 3.65. The van der Waals surface area contributed by atoms with E-state index in [1.807, 2.05) is 6.92 Å². The second kappa shape index (κ2) is 6.71. The standard InChI is InChI=1S/C15H27NO3/c1-3-16-15(14(17)18-2)9-7-13(11-15)19-10-8-12-5-4-6-12/h12-13,16H,3-11H2,1-2H3. The molecule has 4 nitrogen and oxygen atoms in total. The summed E-state index contributed by atoms with van der Waals surface area (Å²) in [6.07, 6.45) is 8.04. The van der Waals surface area contributed by atoms with Crippen LogP contribution in [0.5, 0.6) is 0 Å². The number of esters is 1. The average Bonchev–Trinajstić information content (AvgIpc) is 2.76. The van der Waals surface area contributed by atoms with Crippen LogP contribution in [0, 0.1) is 5.92 Å². The Balaban J connectivity index is 1.76. The zero-order chi connectivity index (χ0) is 13.7. The van der Waals surface area contributed by atoms with Crippen LogP contribution in [0.3, 0.4) is 0 Å². The first kappa shape index (κ1) is 14.8. The molecular formula is C15H27NO3. The number of likely N-dealkylation sites (N-methyl/N-ethyl adjacent to an activating group) is 1. The lowest BCUT2D eigenvalue weighted by molar-refractivity contribution is -0.148. The number of nitrogens with one attached hydrogen (secondary N) is 1. The fourth-order valence-corrected chi connectivity index (χ4v) is 3.28. The fourth-order valence-electron chi connectivity index (χ4n) is 3.28. The van der Waals surface area contributed by atoms with Gasteiger partial charge in [-0.1, -0.05) is 26.2 Å². The average molecular weight is 269 g/mol. The van der Waals surface area contributed by atoms with E-state index in [4.69, 9.17) is 9.47 Å². The zero-order valence-corrected chi connectivity index (χ0v) is 12.2. The molecule has 110 valence electrons. The van der Waals surface area contributed by atoms with Crippen molar-refractivity contribution in [2.45, 2.75) is 63.5 Å². The molecule has 2 rings (SSSR count). The predicted octanol–water partition coefficient (Wildman–Crippen LogP) is 2.27. The largest absolute Gasteiger partial charge is 0.468 e. The van der Waals surface area contributed by atoms with Gasteiger partial charge in [-0.05, 0) is 31.7 Å². The smallest absolute Gasteiger partial charge is 0.326 e. The van der Waals surface area contributed by atoms with Crippen molar-refractivity contribution in [3.8, 4) is 0 Å². The molecular weight excluding hydrogens is 242 g/mol. The summed E-state index contributed by atoms with van der Waals surface area (Å²) in [5, 5.41) is 3.31. The molecule has 0 amide bonds. The predicted molar refractivity (Wildman–Crippen MR) is 74.0 cm³/mol. The van der Waals surface area contributed by atoms with Crippen LogP contribution in [-0.4, -0.2) is 37.9 Å². The molecule has 2 aliphatic rings. The highest BCUT2D eigenvalue weighted by molar-refractivity contribution is 5.81. The van der Waals surface area contributed by atoms with Crippen molar-refractivity contribution >= 4 is 5.97 Å². The Bertz CT molecular complexity index is 304. The van der Waals surface area contributed by atoms with Crippen LogP contribution in [-0.2, 0) is 14.3 Å². The van der Waals surface area contributed by atoms with E-state index in [0.717, 1.165) is 38.3 Å². The molecule has 0 heterocycles. The minimum absolute atomic E-state index is 0.139. The molecule has 0 aromatic heterocycles. The lowest BCUT2D eigenvalue weighted by Crippen LogP contribution is -2.51. The Morgan fingerprint density at radius 3 is 2.74 bits per heavy atom. The van der Waals surface area contributed by atoms with Gasteiger partial charge in [-0.15, -0.1) is 0 Å². The normalized spacial score (nSPS) is 31.2. The summed E-state index contributed by atoms with van der Waals surface area (Å²) in [6, 6.07) is 0. The van der Waals surface area contributed by atoms with Gasteiger partial charge in [0.15, 0.2) is 0 Å². The van der Waals surface area contributed by atoms with Gasteiger partial charge in [-0.25, -0.2) is 0 Å². The Labute approximate surface area is 116 Å². The van der Waals surface area contributed by atoms with Crippen molar-refractivity contribution < 1.29 is 14.3 Å². The van der Waals surface area contributed by atoms with E-state index in [1.165, 1.54) is 32.8 Å². The van der Waals surface area contributed by atoms with E-state index in [9.17, 15) is 4.79 Å². The maximum atomic E-state index is 12.0. The van der Waals surface area contributed by atoms with E-state index in [-0.39, 0.29) is 12.1 Å². The molecule has 0 aromatic rings. The highest BCUT2D eigenvalue weighted by Gasteiger charge is 2.46. The van der Waals surface area contributed by atoms with E-state index in [1.54, 1.807) is 0 Å². The number of ether oxygens (including phenoxy) is 2. The summed E-state index contributed by atoms with van der Waals surface area (Å²) in [5.74, 6) is 0.750. The van der Waals surface area contributed by atoms with Gasteiger partial charge < -0.3 is 14.8 Å². The highest BCUT2D eigenvalue weighted by atomic mass is 16.5. The highest BCUT2D eigenvalue weighted by Crippen LogP contribution is 2.34. The van der Waals surface area contributed by atoms with Crippen LogP contribution < -0.4 is 5.32 Å². The van der Waals surface area contributed by atoms with Crippen LogP contribution in [0.2, 0.25) is 0 Å². The van der Waals surface area contributed by atoms with Crippen LogP contribution in [0.15, 0.2) is 0 Å². The maximum absolute atomic E-state index is 12.0. The Kier molecular flexibility index (Phi) is 5.22. The monoisotopic (exact) mass is 269 g/mol. The lowest BCUT2D eigenvalue weighted by atomic mass is 9.83. The number of methoxy groups -OCH3 is 1. The molecule has 19 heavy (non-hydrogen) atoms. The minimum Gasteiger partial charge on any atom is -0.468 e. The molecule has 0 aliphatic heterocycles. The topological polar surface area (TPSA) is 47.6 Å². The molecule has 2 fully saturated rings. The molecule has 2 saturated carbocycles. The van der Waals surface area contributed by atoms with Crippen LogP contribution in [0.25, 0.3) is 0 Å². The molecule has 1 N–H and O–H groups in total. The lowest BCUT2D eigenvalue weighted by Gasteiger charge is -2.28. The zero-order valence-electron chi connectivity index (χ0n) is 12.2. The first-order valence-corrected chi connectivity index (χ1v) is 7.65. The molecule has 0 saturated heterocycles. The van der Waals surface area contributed by atoms with Crippen molar-refractivity contribution in [1.29, 1.82) is 0 Å². The van der Waals surface area contributed by atoms with E-state index in [0.29, 0.717) is 0 Å². The molecule has 0 radical (unpaired) electrons. The van der Waals surface area contributed by atoms with Crippen LogP contribution >= 0.6 is 0 Å². The minimum atomic E-state index is -0.509. The molecule has 2 unspecified atom stereocenters. The number of hydrogen-bond donors (Lipinski definition) is 1. The fraction of sp³-hybridized carbons (Fsp3) is 0.933. The number of hydrogen-bond acceptors (Lipinski definition) is 4. The Morgan fingerprint density at radius 1 is 1.37 bits per heavy atom. The van der Waals surface area contributed by atoms with Gasteiger partial charge in [-0.2, -0.15) is 0 Å². The first-order chi connectivity index (χ1) is 9.20. The number of rotatable bonds is 7. The third kappa shape index (κ3) is 3.48. The molecule has 0 bridgehead atoms. The number of carbonyl (C=O) groups excluding carboxylic acids is 1. The summed E-state index contributed by atoms with van der Waals surface area (Å²) in [7, 11) is 1.46. The van der Waals surface area contributed by atoms with Crippen molar-refractivity contribution in [2.24, 2.45) is 5.92 Å². The SMILES string of the molecule is CCNC1(C(=O)OC)CCC(OCCC2CCC2)C1. The molecule has 2 atom stereocenters. The van der Waals surface area contributed by atoms with Gasteiger partial charge in [0, 0.05) is 13.0 Å². The van der Waals surface area contributed by atoms with Gasteiger partial charge in [0.2, 0.25) is 0 Å². The maximum Gasteiger partial charge on any atom is 0.326 e. The third-order valence-electron chi connectivity index (χ3n) is 4.66. The second-order valence-corrected chi connectivity index (χ2v) is 5.93. The summed E-state index contributed by atoms with van der Waals surface area (Å²) in [4.78, 5) is 12.0. The second-order valence-electron chi connectivity index (χ2n) is 5.93. The van der Waals surface area contributed by atoms with Gasteiger partial charge in [0.05, 0.1) is 13.2 Å². The van der Waals surface area contributed by atoms with Crippen molar-refractivity contribution in [2.75, 3.05) is 20.3 Å². The van der Waals surface area contributed by atoms with Crippen molar-refractivity contribution in [1.82, 2.24) is 5.32 Å². The van der Waals surface area contributed by atoms with Crippen LogP contribution in [0.4, 0.5) is 0 Å². The Morgan fingerprint density at radius 2 is 2.16 bits per heavy atom. The molecule has 0 aromatic carbocycles. The van der Waals surface area contributed by atoms with Crippen molar-refractivity contribution in [3.63, 3.8) is 0 Å². The molecule has 2 aliphatic carbocycles. The Hall–Kier alpha value is -0.610. The van der Waals surface area contributed by atoms with Crippen LogP contribution in [0.1, 0.15) is 51.9 Å². The van der Waals surface area contributed by atoms with Gasteiger partial charge >= 0.3 is 5.97 Å². The third-order valence-corrected chi connectivity index (χ3v) is 4.66.